The zero-order valence-corrected chi connectivity index (χ0v) is 10.6. The van der Waals surface area contributed by atoms with Gasteiger partial charge in [-0.25, -0.2) is 0 Å². The van der Waals surface area contributed by atoms with Gasteiger partial charge in [-0.05, 0) is 11.5 Å². The predicted molar refractivity (Wildman–Crippen MR) is 74.3 cm³/mol. The molecule has 0 unspecified atom stereocenters. The maximum absolute atomic E-state index is 4.55. The van der Waals surface area contributed by atoms with E-state index >= 15 is 0 Å². The molecule has 2 aromatic rings. The topological polar surface area (TPSA) is 16.1 Å². The molecule has 17 heavy (non-hydrogen) atoms. The van der Waals surface area contributed by atoms with Gasteiger partial charge in [-0.3, -0.25) is 9.88 Å². The number of pyridine rings is 1. The lowest BCUT2D eigenvalue weighted by Gasteiger charge is -2.26. The molecule has 3 heteroatoms. The first-order valence-electron chi connectivity index (χ1n) is 6.06. The van der Waals surface area contributed by atoms with Gasteiger partial charge in [0.1, 0.15) is 0 Å². The van der Waals surface area contributed by atoms with E-state index in [1.807, 2.05) is 6.20 Å². The SMILES string of the molecule is c1ccc2c(CN3CCSCC3)nccc2c1. The quantitative estimate of drug-likeness (QED) is 0.808. The van der Waals surface area contributed by atoms with E-state index < -0.39 is 0 Å². The van der Waals surface area contributed by atoms with Crippen LogP contribution >= 0.6 is 11.8 Å². The standard InChI is InChI=1S/C14H16N2S/c1-2-4-13-12(3-1)5-6-15-14(13)11-16-7-9-17-10-8-16/h1-6H,7-11H2. The van der Waals surface area contributed by atoms with Crippen molar-refractivity contribution in [3.8, 4) is 0 Å². The second-order valence-corrected chi connectivity index (χ2v) is 5.59. The van der Waals surface area contributed by atoms with E-state index in [0.29, 0.717) is 0 Å². The zero-order valence-electron chi connectivity index (χ0n) is 9.80. The van der Waals surface area contributed by atoms with Crippen LogP contribution in [0.3, 0.4) is 0 Å². The van der Waals surface area contributed by atoms with Gasteiger partial charge in [-0.1, -0.05) is 24.3 Å². The van der Waals surface area contributed by atoms with Gasteiger partial charge in [0.15, 0.2) is 0 Å². The fraction of sp³-hybridized carbons (Fsp3) is 0.357. The maximum Gasteiger partial charge on any atom is 0.0622 e. The van der Waals surface area contributed by atoms with E-state index in [-0.39, 0.29) is 0 Å². The van der Waals surface area contributed by atoms with Crippen molar-refractivity contribution in [3.63, 3.8) is 0 Å². The molecule has 1 saturated heterocycles. The van der Waals surface area contributed by atoms with E-state index in [0.717, 1.165) is 6.54 Å². The van der Waals surface area contributed by atoms with Gasteiger partial charge in [0.25, 0.3) is 0 Å². The molecule has 1 aliphatic rings. The highest BCUT2D eigenvalue weighted by atomic mass is 32.2. The largest absolute Gasteiger partial charge is 0.296 e. The molecule has 3 rings (SSSR count). The number of benzene rings is 1. The van der Waals surface area contributed by atoms with Crippen molar-refractivity contribution >= 4 is 22.5 Å². The number of aromatic nitrogens is 1. The molecule has 88 valence electrons. The van der Waals surface area contributed by atoms with Gasteiger partial charge in [0.2, 0.25) is 0 Å². The highest BCUT2D eigenvalue weighted by Gasteiger charge is 2.12. The smallest absolute Gasteiger partial charge is 0.0622 e. The normalized spacial score (nSPS) is 17.4. The van der Waals surface area contributed by atoms with Crippen molar-refractivity contribution in [1.82, 2.24) is 9.88 Å². The van der Waals surface area contributed by atoms with Crippen LogP contribution in [0, 0.1) is 0 Å². The Kier molecular flexibility index (Phi) is 3.29. The summed E-state index contributed by atoms with van der Waals surface area (Å²) in [5, 5.41) is 2.59. The molecule has 0 bridgehead atoms. The number of hydrogen-bond acceptors (Lipinski definition) is 3. The lowest BCUT2D eigenvalue weighted by molar-refractivity contribution is 0.292. The van der Waals surface area contributed by atoms with Crippen LogP contribution in [0.4, 0.5) is 0 Å². The van der Waals surface area contributed by atoms with Crippen LogP contribution in [-0.4, -0.2) is 34.5 Å². The molecule has 2 heterocycles. The van der Waals surface area contributed by atoms with Crippen LogP contribution in [0.25, 0.3) is 10.8 Å². The monoisotopic (exact) mass is 244 g/mol. The van der Waals surface area contributed by atoms with Crippen LogP contribution < -0.4 is 0 Å². The first-order chi connectivity index (χ1) is 8.43. The minimum absolute atomic E-state index is 0.988. The fourth-order valence-corrected chi connectivity index (χ4v) is 3.26. The van der Waals surface area contributed by atoms with E-state index in [9.17, 15) is 0 Å². The molecule has 1 aromatic carbocycles. The Bertz CT molecular complexity index is 501. The van der Waals surface area contributed by atoms with Gasteiger partial charge in [0, 0.05) is 42.7 Å². The van der Waals surface area contributed by atoms with Crippen LogP contribution in [0.15, 0.2) is 36.5 Å². The Morgan fingerprint density at radius 2 is 1.94 bits per heavy atom. The van der Waals surface area contributed by atoms with Crippen LogP contribution in [0.5, 0.6) is 0 Å². The second kappa shape index (κ2) is 5.07. The predicted octanol–water partition coefficient (Wildman–Crippen LogP) is 2.78. The van der Waals surface area contributed by atoms with Crippen molar-refractivity contribution in [2.45, 2.75) is 6.54 Å². The first-order valence-corrected chi connectivity index (χ1v) is 7.22. The molecule has 0 amide bonds. The molecule has 0 atom stereocenters. The highest BCUT2D eigenvalue weighted by molar-refractivity contribution is 7.99. The number of rotatable bonds is 2. The average molecular weight is 244 g/mol. The second-order valence-electron chi connectivity index (χ2n) is 4.37. The summed E-state index contributed by atoms with van der Waals surface area (Å²) in [7, 11) is 0. The summed E-state index contributed by atoms with van der Waals surface area (Å²) in [5.74, 6) is 2.51. The third-order valence-corrected chi connectivity index (χ3v) is 4.18. The molecule has 1 aromatic heterocycles. The van der Waals surface area contributed by atoms with E-state index in [2.05, 4.69) is 52.0 Å². The van der Waals surface area contributed by atoms with Crippen molar-refractivity contribution in [3.05, 3.63) is 42.2 Å². The summed E-state index contributed by atoms with van der Waals surface area (Å²) < 4.78 is 0. The Morgan fingerprint density at radius 1 is 1.12 bits per heavy atom. The maximum atomic E-state index is 4.55. The molecular weight excluding hydrogens is 228 g/mol. The van der Waals surface area contributed by atoms with E-state index in [1.165, 1.54) is 41.1 Å². The Morgan fingerprint density at radius 3 is 2.82 bits per heavy atom. The number of thioether (sulfide) groups is 1. The van der Waals surface area contributed by atoms with Gasteiger partial charge < -0.3 is 0 Å². The minimum Gasteiger partial charge on any atom is -0.296 e. The Balaban J connectivity index is 1.89. The van der Waals surface area contributed by atoms with Crippen molar-refractivity contribution in [2.75, 3.05) is 24.6 Å². The zero-order chi connectivity index (χ0) is 11.5. The highest BCUT2D eigenvalue weighted by Crippen LogP contribution is 2.19. The van der Waals surface area contributed by atoms with Crippen LogP contribution in [0.2, 0.25) is 0 Å². The number of nitrogens with zero attached hydrogens (tertiary/aromatic N) is 2. The summed E-state index contributed by atoms with van der Waals surface area (Å²) in [6.45, 7) is 3.37. The minimum atomic E-state index is 0.988. The summed E-state index contributed by atoms with van der Waals surface area (Å²) in [4.78, 5) is 7.06. The average Bonchev–Trinajstić information content (AvgIpc) is 2.40. The first kappa shape index (κ1) is 11.1. The van der Waals surface area contributed by atoms with Crippen molar-refractivity contribution in [2.24, 2.45) is 0 Å². The lowest BCUT2D eigenvalue weighted by atomic mass is 10.1. The number of hydrogen-bond donors (Lipinski definition) is 0. The van der Waals surface area contributed by atoms with Gasteiger partial charge in [0.05, 0.1) is 5.69 Å². The van der Waals surface area contributed by atoms with Crippen molar-refractivity contribution in [1.29, 1.82) is 0 Å². The summed E-state index contributed by atoms with van der Waals surface area (Å²) in [6.07, 6.45) is 1.93. The fourth-order valence-electron chi connectivity index (χ4n) is 2.28. The molecule has 0 radical (unpaired) electrons. The van der Waals surface area contributed by atoms with Gasteiger partial charge in [-0.2, -0.15) is 11.8 Å². The van der Waals surface area contributed by atoms with Gasteiger partial charge in [-0.15, -0.1) is 0 Å². The van der Waals surface area contributed by atoms with Gasteiger partial charge >= 0.3 is 0 Å². The van der Waals surface area contributed by atoms with Crippen molar-refractivity contribution < 1.29 is 0 Å². The third-order valence-electron chi connectivity index (χ3n) is 3.23. The molecule has 2 nitrogen and oxygen atoms in total. The van der Waals surface area contributed by atoms with E-state index in [1.54, 1.807) is 0 Å². The summed E-state index contributed by atoms with van der Waals surface area (Å²) >= 11 is 2.05. The summed E-state index contributed by atoms with van der Waals surface area (Å²) in [6, 6.07) is 10.6. The lowest BCUT2D eigenvalue weighted by Crippen LogP contribution is -2.32. The molecule has 0 spiro atoms. The number of fused-ring (bicyclic) bond motifs is 1. The molecule has 1 fully saturated rings. The molecule has 1 aliphatic heterocycles. The van der Waals surface area contributed by atoms with E-state index in [4.69, 9.17) is 0 Å². The molecule has 0 aliphatic carbocycles. The van der Waals surface area contributed by atoms with Crippen LogP contribution in [-0.2, 0) is 6.54 Å². The summed E-state index contributed by atoms with van der Waals surface area (Å²) in [5.41, 5.74) is 1.22. The Hall–Kier alpha value is -1.06. The third kappa shape index (κ3) is 2.45. The molecule has 0 saturated carbocycles. The Labute approximate surface area is 106 Å². The molecular formula is C14H16N2S. The van der Waals surface area contributed by atoms with Crippen LogP contribution in [0.1, 0.15) is 5.69 Å². The molecule has 0 N–H and O–H groups in total.